The lowest BCUT2D eigenvalue weighted by Crippen LogP contribution is -2.14. The molecule has 0 bridgehead atoms. The summed E-state index contributed by atoms with van der Waals surface area (Å²) in [4.78, 5) is 11.4. The second-order valence-electron chi connectivity index (χ2n) is 4.06. The van der Waals surface area contributed by atoms with Crippen LogP contribution in [-0.4, -0.2) is 20.9 Å². The van der Waals surface area contributed by atoms with Gasteiger partial charge >= 0.3 is 5.97 Å². The molecule has 0 amide bonds. The summed E-state index contributed by atoms with van der Waals surface area (Å²) >= 11 is 1.26. The van der Waals surface area contributed by atoms with E-state index in [1.165, 1.54) is 11.3 Å². The fourth-order valence-electron chi connectivity index (χ4n) is 1.71. The first-order chi connectivity index (χ1) is 8.59. The van der Waals surface area contributed by atoms with E-state index < -0.39 is 5.97 Å². The topological polar surface area (TPSA) is 67.2 Å². The van der Waals surface area contributed by atoms with Crippen LogP contribution in [0.15, 0.2) is 17.6 Å². The highest BCUT2D eigenvalue weighted by Gasteiger charge is 2.11. The average molecular weight is 265 g/mol. The molecule has 2 aromatic rings. The predicted octanol–water partition coefficient (Wildman–Crippen LogP) is 1.78. The lowest BCUT2D eigenvalue weighted by atomic mass is 10.2. The Hall–Kier alpha value is -1.66. The van der Waals surface area contributed by atoms with Crippen LogP contribution in [0.4, 0.5) is 0 Å². The third-order valence-electron chi connectivity index (χ3n) is 2.91. The van der Waals surface area contributed by atoms with Gasteiger partial charge in [-0.05, 0) is 23.9 Å². The number of carboxylic acids is 1. The van der Waals surface area contributed by atoms with Crippen molar-refractivity contribution in [3.8, 4) is 0 Å². The second-order valence-corrected chi connectivity index (χ2v) is 4.98. The number of thiophene rings is 1. The molecular formula is C12H15N3O2S. The molecule has 0 radical (unpaired) electrons. The number of carbonyl (C=O) groups is 1. The van der Waals surface area contributed by atoms with Crippen LogP contribution in [0.1, 0.15) is 26.5 Å². The number of aromatic nitrogens is 2. The summed E-state index contributed by atoms with van der Waals surface area (Å²) in [6.45, 7) is 3.26. The average Bonchev–Trinajstić information content (AvgIpc) is 2.91. The normalized spacial score (nSPS) is 10.8. The number of rotatable bonds is 5. The lowest BCUT2D eigenvalue weighted by Gasteiger charge is -2.04. The molecule has 2 N–H and O–H groups in total. The Labute approximate surface area is 109 Å². The first-order valence-electron chi connectivity index (χ1n) is 5.57. The second kappa shape index (κ2) is 5.32. The maximum atomic E-state index is 10.9. The molecule has 96 valence electrons. The monoisotopic (exact) mass is 265 g/mol. The van der Waals surface area contributed by atoms with Crippen LogP contribution in [0.3, 0.4) is 0 Å². The number of nitrogens with zero attached hydrogens (tertiary/aromatic N) is 2. The van der Waals surface area contributed by atoms with Gasteiger partial charge in [0.2, 0.25) is 0 Å². The highest BCUT2D eigenvalue weighted by molar-refractivity contribution is 7.12. The van der Waals surface area contributed by atoms with E-state index in [9.17, 15) is 4.79 Å². The molecule has 0 spiro atoms. The minimum atomic E-state index is -0.862. The van der Waals surface area contributed by atoms with Gasteiger partial charge in [-0.15, -0.1) is 11.3 Å². The SMILES string of the molecule is Cc1c(CNCc2ccsc2C(=O)O)cnn1C. The summed E-state index contributed by atoms with van der Waals surface area (Å²) in [5.74, 6) is -0.862. The molecule has 0 fully saturated rings. The van der Waals surface area contributed by atoms with Crippen molar-refractivity contribution in [1.29, 1.82) is 0 Å². The van der Waals surface area contributed by atoms with Gasteiger partial charge in [-0.25, -0.2) is 4.79 Å². The van der Waals surface area contributed by atoms with Gasteiger partial charge in [-0.1, -0.05) is 0 Å². The molecule has 0 saturated heterocycles. The Bertz CT molecular complexity index is 559. The standard InChI is InChI=1S/C12H15N3O2S/c1-8-10(7-14-15(8)2)6-13-5-9-3-4-18-11(9)12(16)17/h3-4,7,13H,5-6H2,1-2H3,(H,16,17). The smallest absolute Gasteiger partial charge is 0.346 e. The Morgan fingerprint density at radius 2 is 2.22 bits per heavy atom. The number of carboxylic acid groups (broad SMARTS) is 1. The van der Waals surface area contributed by atoms with Crippen molar-refractivity contribution < 1.29 is 9.90 Å². The van der Waals surface area contributed by atoms with E-state index in [1.807, 2.05) is 30.9 Å². The fourth-order valence-corrected chi connectivity index (χ4v) is 2.47. The maximum absolute atomic E-state index is 10.9. The Kier molecular flexibility index (Phi) is 3.78. The number of hydrogen-bond acceptors (Lipinski definition) is 4. The van der Waals surface area contributed by atoms with Crippen LogP contribution < -0.4 is 5.32 Å². The Balaban J connectivity index is 1.94. The van der Waals surface area contributed by atoms with Crippen molar-refractivity contribution in [3.63, 3.8) is 0 Å². The van der Waals surface area contributed by atoms with E-state index in [1.54, 1.807) is 5.38 Å². The third kappa shape index (κ3) is 2.60. The van der Waals surface area contributed by atoms with E-state index in [2.05, 4.69) is 10.4 Å². The summed E-state index contributed by atoms with van der Waals surface area (Å²) in [5, 5.41) is 18.2. The van der Waals surface area contributed by atoms with Crippen LogP contribution in [0.25, 0.3) is 0 Å². The largest absolute Gasteiger partial charge is 0.477 e. The van der Waals surface area contributed by atoms with Crippen molar-refractivity contribution in [1.82, 2.24) is 15.1 Å². The molecule has 2 rings (SSSR count). The van der Waals surface area contributed by atoms with E-state index >= 15 is 0 Å². The van der Waals surface area contributed by atoms with Gasteiger partial charge in [0.25, 0.3) is 0 Å². The first-order valence-corrected chi connectivity index (χ1v) is 6.45. The van der Waals surface area contributed by atoms with E-state index in [0.29, 0.717) is 18.0 Å². The van der Waals surface area contributed by atoms with Gasteiger partial charge in [-0.2, -0.15) is 5.10 Å². The van der Waals surface area contributed by atoms with Crippen LogP contribution in [0.2, 0.25) is 0 Å². The fraction of sp³-hybridized carbons (Fsp3) is 0.333. The molecule has 5 nitrogen and oxygen atoms in total. The van der Waals surface area contributed by atoms with Crippen LogP contribution in [0.5, 0.6) is 0 Å². The van der Waals surface area contributed by atoms with Gasteiger partial charge < -0.3 is 10.4 Å². The van der Waals surface area contributed by atoms with Gasteiger partial charge in [0, 0.05) is 31.4 Å². The molecule has 2 aromatic heterocycles. The number of nitrogens with one attached hydrogen (secondary N) is 1. The first kappa shape index (κ1) is 12.8. The summed E-state index contributed by atoms with van der Waals surface area (Å²) in [6, 6.07) is 1.84. The summed E-state index contributed by atoms with van der Waals surface area (Å²) in [7, 11) is 1.90. The van der Waals surface area contributed by atoms with Crippen molar-refractivity contribution in [2.45, 2.75) is 20.0 Å². The van der Waals surface area contributed by atoms with E-state index in [-0.39, 0.29) is 0 Å². The summed E-state index contributed by atoms with van der Waals surface area (Å²) in [6.07, 6.45) is 1.83. The Morgan fingerprint density at radius 1 is 1.50 bits per heavy atom. The zero-order valence-corrected chi connectivity index (χ0v) is 11.1. The predicted molar refractivity (Wildman–Crippen MR) is 69.8 cm³/mol. The maximum Gasteiger partial charge on any atom is 0.346 e. The molecule has 0 saturated carbocycles. The number of aryl methyl sites for hydroxylation is 1. The molecule has 18 heavy (non-hydrogen) atoms. The molecule has 0 aliphatic carbocycles. The molecule has 0 atom stereocenters. The highest BCUT2D eigenvalue weighted by atomic mass is 32.1. The van der Waals surface area contributed by atoms with Crippen molar-refractivity contribution in [2.24, 2.45) is 7.05 Å². The zero-order valence-electron chi connectivity index (χ0n) is 10.3. The Morgan fingerprint density at radius 3 is 2.83 bits per heavy atom. The summed E-state index contributed by atoms with van der Waals surface area (Å²) in [5.41, 5.74) is 3.07. The van der Waals surface area contributed by atoms with Crippen molar-refractivity contribution in [2.75, 3.05) is 0 Å². The quantitative estimate of drug-likeness (QED) is 0.864. The highest BCUT2D eigenvalue weighted by Crippen LogP contribution is 2.16. The minimum Gasteiger partial charge on any atom is -0.477 e. The molecular weight excluding hydrogens is 250 g/mol. The van der Waals surface area contributed by atoms with Gasteiger partial charge in [0.1, 0.15) is 4.88 Å². The number of hydrogen-bond donors (Lipinski definition) is 2. The zero-order chi connectivity index (χ0) is 13.1. The molecule has 6 heteroatoms. The van der Waals surface area contributed by atoms with Crippen LogP contribution in [0, 0.1) is 6.92 Å². The molecule has 0 unspecified atom stereocenters. The molecule has 0 aliphatic rings. The van der Waals surface area contributed by atoms with E-state index in [4.69, 9.17) is 5.11 Å². The third-order valence-corrected chi connectivity index (χ3v) is 3.85. The minimum absolute atomic E-state index is 0.408. The van der Waals surface area contributed by atoms with Gasteiger partial charge in [-0.3, -0.25) is 4.68 Å². The molecule has 0 aliphatic heterocycles. The van der Waals surface area contributed by atoms with Crippen molar-refractivity contribution in [3.05, 3.63) is 39.3 Å². The van der Waals surface area contributed by atoms with Crippen LogP contribution >= 0.6 is 11.3 Å². The van der Waals surface area contributed by atoms with Gasteiger partial charge in [0.15, 0.2) is 0 Å². The molecule has 2 heterocycles. The van der Waals surface area contributed by atoms with Gasteiger partial charge in [0.05, 0.1) is 6.20 Å². The summed E-state index contributed by atoms with van der Waals surface area (Å²) < 4.78 is 1.82. The lowest BCUT2D eigenvalue weighted by molar-refractivity contribution is 0.0701. The number of aromatic carboxylic acids is 1. The van der Waals surface area contributed by atoms with Crippen LogP contribution in [-0.2, 0) is 20.1 Å². The van der Waals surface area contributed by atoms with Crippen molar-refractivity contribution >= 4 is 17.3 Å². The van der Waals surface area contributed by atoms with E-state index in [0.717, 1.165) is 16.8 Å². The molecule has 0 aromatic carbocycles.